The van der Waals surface area contributed by atoms with Gasteiger partial charge in [0.2, 0.25) is 17.5 Å². The molecule has 2 aromatic heterocycles. The summed E-state index contributed by atoms with van der Waals surface area (Å²) in [5.41, 5.74) is 6.99. The number of aromatic nitrogens is 2. The van der Waals surface area contributed by atoms with E-state index in [0.29, 0.717) is 28.6 Å². The van der Waals surface area contributed by atoms with E-state index in [9.17, 15) is 34.0 Å². The van der Waals surface area contributed by atoms with Crippen LogP contribution >= 0.6 is 23.4 Å². The Balaban J connectivity index is 1.54. The van der Waals surface area contributed by atoms with Gasteiger partial charge in [-0.1, -0.05) is 63.2 Å². The number of nitrogens with zero attached hydrogens (tertiary/aromatic N) is 4. The van der Waals surface area contributed by atoms with Gasteiger partial charge in [-0.25, -0.2) is 24.4 Å². The number of nitrogen functional groups attached to an aromatic ring is 1. The molecule has 0 bridgehead atoms. The number of ether oxygens (including phenoxy) is 5. The van der Waals surface area contributed by atoms with Crippen molar-refractivity contribution in [1.29, 1.82) is 5.26 Å². The van der Waals surface area contributed by atoms with E-state index in [1.165, 1.54) is 18.0 Å². The van der Waals surface area contributed by atoms with Crippen molar-refractivity contribution >= 4 is 70.6 Å². The number of amides is 2. The summed E-state index contributed by atoms with van der Waals surface area (Å²) in [6, 6.07) is 14.5. The van der Waals surface area contributed by atoms with Gasteiger partial charge in [0.1, 0.15) is 65.2 Å². The normalized spacial score (nSPS) is 12.6. The number of nitriles is 1. The zero-order chi connectivity index (χ0) is 57.0. The molecular formula is C56H70ClN7O12S. The minimum Gasteiger partial charge on any atom is -0.490 e. The van der Waals surface area contributed by atoms with Crippen LogP contribution in [0.5, 0.6) is 5.75 Å². The summed E-state index contributed by atoms with van der Waals surface area (Å²) in [5, 5.41) is 16.5. The molecule has 3 atom stereocenters. The predicted molar refractivity (Wildman–Crippen MR) is 290 cm³/mol. The number of anilines is 1. The fraction of sp³-hybridized carbons (Fsp3) is 0.500. The van der Waals surface area contributed by atoms with Crippen LogP contribution in [0.25, 0.3) is 27.4 Å². The predicted octanol–water partition coefficient (Wildman–Crippen LogP) is 10.8. The van der Waals surface area contributed by atoms with Crippen LogP contribution in [0, 0.1) is 35.7 Å². The number of esters is 3. The van der Waals surface area contributed by atoms with Crippen molar-refractivity contribution in [3.63, 3.8) is 0 Å². The van der Waals surface area contributed by atoms with Gasteiger partial charge in [0, 0.05) is 54.1 Å². The van der Waals surface area contributed by atoms with Crippen LogP contribution in [0.4, 0.5) is 16.3 Å². The van der Waals surface area contributed by atoms with Crippen molar-refractivity contribution in [1.82, 2.24) is 20.6 Å². The Bertz CT molecular complexity index is 2760. The maximum absolute atomic E-state index is 14.0. The SMILES string of the molecule is [C-]#[N+]c1c(N)nc(SCc2coc(-c3ccc(Cl)cc3)n2)c(C#N)c1-c1ccc(OC[C@@H](COC(=O)[C@@H](CC(=O)CCCC(=O)OC(C)(C)C)CC(C)C)OC(=O)[C@H](CC(C)C)NC(=O)CCNC(=O)OC(C)(C)C)cc1. The van der Waals surface area contributed by atoms with Gasteiger partial charge in [-0.3, -0.25) is 19.2 Å². The Morgan fingerprint density at radius 2 is 1.51 bits per heavy atom. The Morgan fingerprint density at radius 3 is 2.12 bits per heavy atom. The second-order valence-corrected chi connectivity index (χ2v) is 22.4. The highest BCUT2D eigenvalue weighted by Crippen LogP contribution is 2.42. The van der Waals surface area contributed by atoms with Gasteiger partial charge < -0.3 is 44.5 Å². The number of ketones is 1. The first-order valence-electron chi connectivity index (χ1n) is 25.3. The second kappa shape index (κ2) is 29.4. The molecule has 414 valence electrons. The zero-order valence-corrected chi connectivity index (χ0v) is 47.0. The monoisotopic (exact) mass is 1100 g/mol. The fourth-order valence-electron chi connectivity index (χ4n) is 7.55. The van der Waals surface area contributed by atoms with E-state index in [4.69, 9.17) is 52.0 Å². The number of hydrogen-bond acceptors (Lipinski definition) is 17. The number of alkyl carbamates (subject to hydrolysis) is 1. The number of nitrogens with one attached hydrogen (secondary N) is 2. The molecule has 0 aliphatic heterocycles. The van der Waals surface area contributed by atoms with Gasteiger partial charge in [0.25, 0.3) is 0 Å². The number of carbonyl (C=O) groups excluding carboxylic acids is 6. The summed E-state index contributed by atoms with van der Waals surface area (Å²) >= 11 is 7.23. The molecule has 0 unspecified atom stereocenters. The zero-order valence-electron chi connectivity index (χ0n) is 45.4. The van der Waals surface area contributed by atoms with Crippen LogP contribution in [0.2, 0.25) is 5.02 Å². The highest BCUT2D eigenvalue weighted by atomic mass is 35.5. The molecule has 0 saturated heterocycles. The lowest BCUT2D eigenvalue weighted by Crippen LogP contribution is -2.46. The van der Waals surface area contributed by atoms with E-state index in [1.807, 2.05) is 27.7 Å². The molecule has 77 heavy (non-hydrogen) atoms. The van der Waals surface area contributed by atoms with Gasteiger partial charge in [-0.15, -0.1) is 0 Å². The standard InChI is InChI=1S/C56H70ClN7O12S/c1-33(2)25-37(27-40(65)13-12-14-46(67)75-55(5,6)7)52(68)73-31-42(74-53(69)44(26-34(3)4)63-45(66)23-24-61-54(70)76-56(8,9)10)30-71-41-21-17-35(18-22-41)47-43(28-58)51(64-49(59)48(47)60-11)77-32-39-29-72-50(62-39)36-15-19-38(57)20-16-36/h15-22,29,33-34,37,42,44H,12-14,23-27,30-32H2,1-10H3,(H2,59,64)(H,61,70)(H,63,66)/t37-,42+,44+/m1/s1. The summed E-state index contributed by atoms with van der Waals surface area (Å²) in [7, 11) is 0. The molecule has 4 N–H and O–H groups in total. The molecule has 0 saturated carbocycles. The van der Waals surface area contributed by atoms with E-state index in [-0.39, 0.29) is 108 Å². The first-order valence-corrected chi connectivity index (χ1v) is 26.6. The Labute approximate surface area is 459 Å². The Morgan fingerprint density at radius 1 is 0.857 bits per heavy atom. The number of Topliss-reactive ketones (excluding diaryl/α,β-unsaturated/α-hetero) is 1. The van der Waals surface area contributed by atoms with E-state index in [2.05, 4.69) is 31.5 Å². The third kappa shape index (κ3) is 21.8. The number of benzene rings is 2. The van der Waals surface area contributed by atoms with Crippen molar-refractivity contribution < 1.29 is 56.9 Å². The van der Waals surface area contributed by atoms with Gasteiger partial charge in [0.05, 0.1) is 23.7 Å². The van der Waals surface area contributed by atoms with Crippen molar-refractivity contribution in [3.05, 3.63) is 82.5 Å². The third-order valence-corrected chi connectivity index (χ3v) is 12.1. The average molecular weight is 1100 g/mol. The molecule has 2 aromatic carbocycles. The molecule has 19 nitrogen and oxygen atoms in total. The number of nitrogens with two attached hydrogens (primary N) is 1. The number of hydrogen-bond donors (Lipinski definition) is 3. The number of rotatable bonds is 27. The molecule has 0 aliphatic carbocycles. The summed E-state index contributed by atoms with van der Waals surface area (Å²) in [5.74, 6) is -2.84. The first-order chi connectivity index (χ1) is 36.2. The van der Waals surface area contributed by atoms with Crippen molar-refractivity contribution in [2.75, 3.05) is 25.5 Å². The smallest absolute Gasteiger partial charge is 0.407 e. The molecule has 0 aliphatic rings. The minimum atomic E-state index is -1.23. The van der Waals surface area contributed by atoms with Gasteiger partial charge in [-0.05, 0) is 115 Å². The number of halogens is 1. The summed E-state index contributed by atoms with van der Waals surface area (Å²) < 4.78 is 34.1. The lowest BCUT2D eigenvalue weighted by Gasteiger charge is -2.25. The van der Waals surface area contributed by atoms with Gasteiger partial charge in [0.15, 0.2) is 6.10 Å². The first kappa shape index (κ1) is 62.4. The van der Waals surface area contributed by atoms with Crippen molar-refractivity contribution in [2.45, 2.75) is 148 Å². The summed E-state index contributed by atoms with van der Waals surface area (Å²) in [4.78, 5) is 91.0. The molecule has 21 heteroatoms. The molecule has 4 aromatic rings. The highest BCUT2D eigenvalue weighted by molar-refractivity contribution is 7.98. The topological polar surface area (TPSA) is 266 Å². The Kier molecular flexibility index (Phi) is 23.8. The maximum Gasteiger partial charge on any atom is 0.407 e. The quantitative estimate of drug-likeness (QED) is 0.0217. The lowest BCUT2D eigenvalue weighted by atomic mass is 9.91. The number of oxazole rings is 1. The average Bonchev–Trinajstić information content (AvgIpc) is 3.82. The van der Waals surface area contributed by atoms with Gasteiger partial charge in [-0.2, -0.15) is 5.26 Å². The molecule has 2 heterocycles. The summed E-state index contributed by atoms with van der Waals surface area (Å²) in [6.45, 7) is 24.9. The molecule has 0 spiro atoms. The maximum atomic E-state index is 14.0. The lowest BCUT2D eigenvalue weighted by molar-refractivity contribution is -0.165. The van der Waals surface area contributed by atoms with Crippen LogP contribution in [-0.2, 0) is 48.7 Å². The molecule has 0 radical (unpaired) electrons. The number of thioether (sulfide) groups is 1. The van der Waals surface area contributed by atoms with E-state index >= 15 is 0 Å². The van der Waals surface area contributed by atoms with Crippen LogP contribution in [-0.4, -0.2) is 88.8 Å². The second-order valence-electron chi connectivity index (χ2n) is 21.0. The number of pyridine rings is 1. The Hall–Kier alpha value is -7.16. The van der Waals surface area contributed by atoms with Crippen LogP contribution < -0.4 is 21.1 Å². The summed E-state index contributed by atoms with van der Waals surface area (Å²) in [6.07, 6.45) is 0.0826. The van der Waals surface area contributed by atoms with Crippen LogP contribution in [0.1, 0.15) is 125 Å². The molecular weight excluding hydrogens is 1030 g/mol. The third-order valence-electron chi connectivity index (χ3n) is 10.8. The van der Waals surface area contributed by atoms with Crippen molar-refractivity contribution in [3.8, 4) is 34.4 Å². The largest absolute Gasteiger partial charge is 0.490 e. The molecule has 2 amide bonds. The van der Waals surface area contributed by atoms with Gasteiger partial charge >= 0.3 is 24.0 Å². The van der Waals surface area contributed by atoms with E-state index < -0.39 is 65.8 Å². The highest BCUT2D eigenvalue weighted by Gasteiger charge is 2.31. The minimum absolute atomic E-state index is 0.0000549. The number of carbonyl (C=O) groups is 6. The van der Waals surface area contributed by atoms with Crippen LogP contribution in [0.3, 0.4) is 0 Å². The van der Waals surface area contributed by atoms with E-state index in [0.717, 1.165) is 5.56 Å². The fourth-order valence-corrected chi connectivity index (χ4v) is 8.55. The van der Waals surface area contributed by atoms with E-state index in [1.54, 1.807) is 90.1 Å². The van der Waals surface area contributed by atoms with Crippen molar-refractivity contribution in [2.24, 2.45) is 17.8 Å². The molecule has 4 rings (SSSR count). The van der Waals surface area contributed by atoms with Crippen LogP contribution in [0.15, 0.2) is 64.2 Å². The molecule has 0 fully saturated rings.